The monoisotopic (exact) mass is 194 g/mol. The molecule has 2 rings (SSSR count). The van der Waals surface area contributed by atoms with Gasteiger partial charge in [0.25, 0.3) is 0 Å². The molecule has 0 saturated heterocycles. The third-order valence-corrected chi connectivity index (χ3v) is 2.61. The van der Waals surface area contributed by atoms with Crippen LogP contribution in [-0.2, 0) is 0 Å². The summed E-state index contributed by atoms with van der Waals surface area (Å²) in [5, 5.41) is 4.25. The maximum Gasteiger partial charge on any atom is 0.153 e. The van der Waals surface area contributed by atoms with Gasteiger partial charge in [0.05, 0.1) is 9.88 Å². The van der Waals surface area contributed by atoms with Crippen molar-refractivity contribution in [2.75, 3.05) is 5.73 Å². The van der Waals surface area contributed by atoms with Crippen molar-refractivity contribution in [3.8, 4) is 10.6 Å². The number of nitrogens with zero attached hydrogens (tertiary/aromatic N) is 1. The molecule has 0 aliphatic heterocycles. The van der Waals surface area contributed by atoms with Gasteiger partial charge < -0.3 is 10.3 Å². The topological polar surface area (TPSA) is 69.1 Å². The van der Waals surface area contributed by atoms with Crippen LogP contribution in [0.2, 0.25) is 0 Å². The Labute approximate surface area is 78.0 Å². The SMILES string of the molecule is Nc1sc(-c2ccon2)cc1C=O. The molecule has 2 heterocycles. The largest absolute Gasteiger partial charge is 0.390 e. The number of carbonyl (C=O) groups is 1. The Kier molecular flexibility index (Phi) is 1.86. The first kappa shape index (κ1) is 8.00. The lowest BCUT2D eigenvalue weighted by Crippen LogP contribution is -1.83. The van der Waals surface area contributed by atoms with Crippen LogP contribution in [-0.4, -0.2) is 11.4 Å². The van der Waals surface area contributed by atoms with Crippen molar-refractivity contribution in [3.05, 3.63) is 24.0 Å². The van der Waals surface area contributed by atoms with E-state index in [0.717, 1.165) is 11.2 Å². The normalized spacial score (nSPS) is 10.2. The highest BCUT2D eigenvalue weighted by Gasteiger charge is 2.08. The van der Waals surface area contributed by atoms with Gasteiger partial charge >= 0.3 is 0 Å². The lowest BCUT2D eigenvalue weighted by molar-refractivity contribution is 0.112. The number of anilines is 1. The predicted molar refractivity (Wildman–Crippen MR) is 49.6 cm³/mol. The minimum atomic E-state index is 0.503. The molecule has 0 fully saturated rings. The van der Waals surface area contributed by atoms with Crippen LogP contribution in [0.25, 0.3) is 10.6 Å². The Bertz CT molecular complexity index is 419. The standard InChI is InChI=1S/C8H6N2O2S/c9-8-5(4-11)3-7(13-8)6-1-2-12-10-6/h1-4H,9H2. The molecule has 2 aromatic rings. The number of aldehydes is 1. The summed E-state index contributed by atoms with van der Waals surface area (Å²) < 4.78 is 4.68. The van der Waals surface area contributed by atoms with E-state index in [2.05, 4.69) is 9.68 Å². The van der Waals surface area contributed by atoms with Crippen LogP contribution in [0.3, 0.4) is 0 Å². The summed E-state index contributed by atoms with van der Waals surface area (Å²) >= 11 is 1.32. The zero-order valence-corrected chi connectivity index (χ0v) is 7.38. The van der Waals surface area contributed by atoms with Crippen molar-refractivity contribution in [2.24, 2.45) is 0 Å². The van der Waals surface area contributed by atoms with E-state index in [0.29, 0.717) is 16.3 Å². The number of carbonyl (C=O) groups excluding carboxylic acids is 1. The fourth-order valence-electron chi connectivity index (χ4n) is 0.977. The van der Waals surface area contributed by atoms with Gasteiger partial charge in [0.2, 0.25) is 0 Å². The number of nitrogens with two attached hydrogens (primary N) is 1. The second kappa shape index (κ2) is 3.02. The molecule has 5 heteroatoms. The highest BCUT2D eigenvalue weighted by Crippen LogP contribution is 2.31. The summed E-state index contributed by atoms with van der Waals surface area (Å²) in [5.41, 5.74) is 6.79. The van der Waals surface area contributed by atoms with Gasteiger partial charge in [0.15, 0.2) is 6.29 Å². The van der Waals surface area contributed by atoms with Gasteiger partial charge in [-0.05, 0) is 6.07 Å². The van der Waals surface area contributed by atoms with E-state index < -0.39 is 0 Å². The van der Waals surface area contributed by atoms with Crippen molar-refractivity contribution in [1.82, 2.24) is 5.16 Å². The summed E-state index contributed by atoms with van der Waals surface area (Å²) in [6.07, 6.45) is 2.21. The molecule has 2 N–H and O–H groups in total. The molecule has 0 bridgehead atoms. The first-order valence-corrected chi connectivity index (χ1v) is 4.38. The van der Waals surface area contributed by atoms with Crippen molar-refractivity contribution in [3.63, 3.8) is 0 Å². The Morgan fingerprint density at radius 3 is 3.00 bits per heavy atom. The van der Waals surface area contributed by atoms with E-state index >= 15 is 0 Å². The van der Waals surface area contributed by atoms with Crippen molar-refractivity contribution in [2.45, 2.75) is 0 Å². The number of thiophene rings is 1. The Hall–Kier alpha value is -1.62. The third-order valence-electron chi connectivity index (χ3n) is 1.61. The maximum absolute atomic E-state index is 10.5. The van der Waals surface area contributed by atoms with Gasteiger partial charge in [-0.3, -0.25) is 4.79 Å². The summed E-state index contributed by atoms with van der Waals surface area (Å²) in [6.45, 7) is 0. The first-order chi connectivity index (χ1) is 6.31. The second-order valence-electron chi connectivity index (χ2n) is 2.43. The summed E-state index contributed by atoms with van der Waals surface area (Å²) in [4.78, 5) is 11.3. The molecule has 4 nitrogen and oxygen atoms in total. The number of nitrogen functional groups attached to an aromatic ring is 1. The average Bonchev–Trinajstić information content (AvgIpc) is 2.71. The second-order valence-corrected chi connectivity index (χ2v) is 3.52. The highest BCUT2D eigenvalue weighted by atomic mass is 32.1. The van der Waals surface area contributed by atoms with Crippen molar-refractivity contribution < 1.29 is 9.32 Å². The van der Waals surface area contributed by atoms with E-state index in [4.69, 9.17) is 5.73 Å². The van der Waals surface area contributed by atoms with Crippen molar-refractivity contribution >= 4 is 22.6 Å². The van der Waals surface area contributed by atoms with E-state index in [1.807, 2.05) is 0 Å². The molecule has 0 aliphatic rings. The molecule has 0 spiro atoms. The molecule has 0 radical (unpaired) electrons. The molecule has 66 valence electrons. The quantitative estimate of drug-likeness (QED) is 0.740. The Balaban J connectivity index is 2.48. The first-order valence-electron chi connectivity index (χ1n) is 3.56. The summed E-state index contributed by atoms with van der Waals surface area (Å²) in [5.74, 6) is 0. The van der Waals surface area contributed by atoms with E-state index in [-0.39, 0.29) is 0 Å². The van der Waals surface area contributed by atoms with E-state index in [1.54, 1.807) is 12.1 Å². The molecule has 0 aromatic carbocycles. The molecule has 0 aliphatic carbocycles. The van der Waals surface area contributed by atoms with Crippen LogP contribution in [0.5, 0.6) is 0 Å². The lowest BCUT2D eigenvalue weighted by Gasteiger charge is -1.82. The highest BCUT2D eigenvalue weighted by molar-refractivity contribution is 7.19. The molecular formula is C8H6N2O2S. The zero-order chi connectivity index (χ0) is 9.26. The van der Waals surface area contributed by atoms with E-state index in [1.165, 1.54) is 17.6 Å². The molecule has 0 saturated carbocycles. The van der Waals surface area contributed by atoms with Gasteiger partial charge in [-0.15, -0.1) is 11.3 Å². The lowest BCUT2D eigenvalue weighted by atomic mass is 10.3. The maximum atomic E-state index is 10.5. The van der Waals surface area contributed by atoms with Gasteiger partial charge in [0.1, 0.15) is 12.0 Å². The van der Waals surface area contributed by atoms with Gasteiger partial charge in [0, 0.05) is 11.6 Å². The fourth-order valence-corrected chi connectivity index (χ4v) is 1.83. The minimum absolute atomic E-state index is 0.503. The van der Waals surface area contributed by atoms with Crippen LogP contribution in [0.4, 0.5) is 5.00 Å². The van der Waals surface area contributed by atoms with Crippen LogP contribution in [0.1, 0.15) is 10.4 Å². The van der Waals surface area contributed by atoms with Crippen LogP contribution < -0.4 is 5.73 Å². The molecule has 0 amide bonds. The van der Waals surface area contributed by atoms with Gasteiger partial charge in [-0.25, -0.2) is 0 Å². The molecular weight excluding hydrogens is 188 g/mol. The third kappa shape index (κ3) is 1.33. The number of rotatable bonds is 2. The number of aromatic nitrogens is 1. The summed E-state index contributed by atoms with van der Waals surface area (Å²) in [6, 6.07) is 3.42. The molecule has 2 aromatic heterocycles. The van der Waals surface area contributed by atoms with Crippen LogP contribution in [0.15, 0.2) is 22.9 Å². The zero-order valence-electron chi connectivity index (χ0n) is 6.56. The van der Waals surface area contributed by atoms with Crippen molar-refractivity contribution in [1.29, 1.82) is 0 Å². The average molecular weight is 194 g/mol. The van der Waals surface area contributed by atoms with Crippen LogP contribution >= 0.6 is 11.3 Å². The minimum Gasteiger partial charge on any atom is -0.390 e. The van der Waals surface area contributed by atoms with Gasteiger partial charge in [-0.2, -0.15) is 0 Å². The molecule has 0 atom stereocenters. The molecule has 13 heavy (non-hydrogen) atoms. The Morgan fingerprint density at radius 2 is 2.46 bits per heavy atom. The Morgan fingerprint density at radius 1 is 1.62 bits per heavy atom. The van der Waals surface area contributed by atoms with Gasteiger partial charge in [-0.1, -0.05) is 5.16 Å². The molecule has 0 unspecified atom stereocenters. The van der Waals surface area contributed by atoms with Crippen LogP contribution in [0, 0.1) is 0 Å². The summed E-state index contributed by atoms with van der Waals surface area (Å²) in [7, 11) is 0. The predicted octanol–water partition coefficient (Wildman–Crippen LogP) is 1.80. The van der Waals surface area contributed by atoms with E-state index in [9.17, 15) is 4.79 Å². The number of hydrogen-bond donors (Lipinski definition) is 1. The number of hydrogen-bond acceptors (Lipinski definition) is 5. The fraction of sp³-hybridized carbons (Fsp3) is 0. The smallest absolute Gasteiger partial charge is 0.153 e.